The SMILES string of the molecule is [13CH3]C1CCCC([13CH3])[15N]1C[13C](=O)N[13CH2]CC(=O)ON1C(=O)CCC1=O. The van der Waals surface area contributed by atoms with Crippen molar-refractivity contribution in [3.8, 4) is 0 Å². The van der Waals surface area contributed by atoms with E-state index in [1.165, 1.54) is 6.42 Å². The van der Waals surface area contributed by atoms with E-state index in [0.717, 1.165) is 12.8 Å². The Kier molecular flexibility index (Phi) is 6.30. The van der Waals surface area contributed by atoms with Crippen molar-refractivity contribution >= 4 is 23.7 Å². The van der Waals surface area contributed by atoms with E-state index < -0.39 is 17.8 Å². The quantitative estimate of drug-likeness (QED) is 0.425. The van der Waals surface area contributed by atoms with E-state index in [1.807, 2.05) is 0 Å². The molecule has 8 heteroatoms. The van der Waals surface area contributed by atoms with Gasteiger partial charge in [-0.2, -0.15) is 0 Å². The fourth-order valence-electron chi connectivity index (χ4n) is 3.12. The zero-order valence-electron chi connectivity index (χ0n) is 14.2. The molecule has 0 bridgehead atoms. The number of imide groups is 1. The number of carbonyl (C=O) groups excluding carboxylic acids is 4. The van der Waals surface area contributed by atoms with Crippen molar-refractivity contribution in [1.29, 1.82) is 0 Å². The van der Waals surface area contributed by atoms with Gasteiger partial charge in [0.15, 0.2) is 0 Å². The van der Waals surface area contributed by atoms with Gasteiger partial charge in [0.05, 0.1) is 13.0 Å². The molecule has 0 saturated carbocycles. The van der Waals surface area contributed by atoms with Crippen LogP contribution in [0, 0.1) is 0 Å². The van der Waals surface area contributed by atoms with Crippen LogP contribution in [-0.4, -0.2) is 58.8 Å². The summed E-state index contributed by atoms with van der Waals surface area (Å²) in [6.45, 7) is 4.65. The normalized spacial score (nSPS) is 25.0. The number of nitrogens with one attached hydrogen (secondary N) is 1. The third-order valence-electron chi connectivity index (χ3n) is 4.55. The fourth-order valence-corrected chi connectivity index (χ4v) is 3.12. The number of nitrogens with zero attached hydrogens (tertiary/aromatic N) is 2. The fraction of sp³-hybridized carbons (Fsp3) is 0.750. The van der Waals surface area contributed by atoms with Crippen molar-refractivity contribution in [2.24, 2.45) is 0 Å². The Morgan fingerprint density at radius 1 is 1.12 bits per heavy atom. The zero-order valence-corrected chi connectivity index (χ0v) is 14.2. The molecule has 1 N–H and O–H groups in total. The monoisotopic (exact) mass is 344 g/mol. The molecule has 2 rings (SSSR count). The summed E-state index contributed by atoms with van der Waals surface area (Å²) >= 11 is 0. The van der Waals surface area contributed by atoms with Crippen molar-refractivity contribution < 1.29 is 24.0 Å². The molecule has 8 nitrogen and oxygen atoms in total. The maximum Gasteiger partial charge on any atom is 0.334 e. The number of hydroxylamine groups is 2. The first-order valence-corrected chi connectivity index (χ1v) is 8.47. The smallest absolute Gasteiger partial charge is 0.334 e. The molecule has 3 amide bonds. The van der Waals surface area contributed by atoms with Crippen LogP contribution >= 0.6 is 0 Å². The lowest BCUT2D eigenvalue weighted by Crippen LogP contribution is -2.48. The van der Waals surface area contributed by atoms with Crippen LogP contribution in [0.3, 0.4) is 0 Å². The highest BCUT2D eigenvalue weighted by molar-refractivity contribution is 6.01. The first kappa shape index (κ1) is 18.4. The number of hydrogen-bond donors (Lipinski definition) is 1. The minimum absolute atomic E-state index is 0.0645. The van der Waals surface area contributed by atoms with Crippen molar-refractivity contribution in [3.63, 3.8) is 0 Å². The van der Waals surface area contributed by atoms with Crippen LogP contribution in [0.5, 0.6) is 0 Å². The molecule has 2 aliphatic heterocycles. The molecule has 24 heavy (non-hydrogen) atoms. The number of carbonyl (C=O) groups is 4. The summed E-state index contributed by atoms with van der Waals surface area (Å²) in [6.07, 6.45) is 3.39. The number of likely N-dealkylation sites (tertiary alicyclic amines) is 1. The van der Waals surface area contributed by atoms with Crippen molar-refractivity contribution in [2.45, 2.75) is 64.5 Å². The van der Waals surface area contributed by atoms with E-state index in [0.29, 0.717) is 23.7 Å². The minimum atomic E-state index is -0.710. The maximum atomic E-state index is 12.0. The van der Waals surface area contributed by atoms with Gasteiger partial charge in [0.2, 0.25) is 5.91 Å². The molecular weight excluding hydrogens is 319 g/mol. The lowest BCUT2D eigenvalue weighted by Gasteiger charge is -2.38. The third-order valence-corrected chi connectivity index (χ3v) is 4.55. The van der Waals surface area contributed by atoms with Gasteiger partial charge in [-0.1, -0.05) is 6.42 Å². The van der Waals surface area contributed by atoms with Gasteiger partial charge >= 0.3 is 5.97 Å². The van der Waals surface area contributed by atoms with Crippen LogP contribution < -0.4 is 5.32 Å². The number of amides is 3. The molecule has 2 aliphatic rings. The topological polar surface area (TPSA) is 96.0 Å². The van der Waals surface area contributed by atoms with Crippen molar-refractivity contribution in [2.75, 3.05) is 13.1 Å². The highest BCUT2D eigenvalue weighted by Gasteiger charge is 2.32. The first-order chi connectivity index (χ1) is 11.4. The molecule has 2 heterocycles. The molecule has 134 valence electrons. The maximum absolute atomic E-state index is 12.0. The molecule has 0 aliphatic carbocycles. The molecule has 2 fully saturated rings. The standard InChI is InChI=1S/C16H25N3O5/c1-11-4-3-5-12(2)18(11)10-13(20)17-9-8-16(23)24-19-14(21)6-7-15(19)22/h11-12H,3-10H2,1-2H3,(H,17,20)/i1+1,2+1,9+1,13+1,18+1. The van der Waals surface area contributed by atoms with E-state index in [4.69, 9.17) is 4.84 Å². The van der Waals surface area contributed by atoms with E-state index >= 15 is 0 Å². The van der Waals surface area contributed by atoms with E-state index in [-0.39, 0.29) is 31.7 Å². The van der Waals surface area contributed by atoms with Crippen molar-refractivity contribution in [3.05, 3.63) is 0 Å². The molecule has 2 saturated heterocycles. The summed E-state index contributed by atoms with van der Waals surface area (Å²) < 4.78 is 0. The predicted molar refractivity (Wildman–Crippen MR) is 84.3 cm³/mol. The van der Waals surface area contributed by atoms with Gasteiger partial charge in [-0.25, -0.2) is 4.79 Å². The van der Waals surface area contributed by atoms with Crippen LogP contribution in [0.2, 0.25) is 0 Å². The summed E-state index contributed by atoms with van der Waals surface area (Å²) in [5, 5.41) is 3.19. The van der Waals surface area contributed by atoms with Gasteiger partial charge in [-0.15, -0.1) is 5.06 Å². The second-order valence-electron chi connectivity index (χ2n) is 6.45. The Morgan fingerprint density at radius 2 is 1.71 bits per heavy atom. The summed E-state index contributed by atoms with van der Waals surface area (Å²) in [5.41, 5.74) is 0. The predicted octanol–water partition coefficient (Wildman–Crippen LogP) is 0.363. The summed E-state index contributed by atoms with van der Waals surface area (Å²) in [7, 11) is 0. The van der Waals surface area contributed by atoms with Crippen LogP contribution in [0.25, 0.3) is 0 Å². The highest BCUT2D eigenvalue weighted by atomic mass is 16.7. The number of rotatable bonds is 6. The molecular formula is C16H25N3O5. The van der Waals surface area contributed by atoms with Gasteiger partial charge < -0.3 is 10.2 Å². The van der Waals surface area contributed by atoms with Crippen LogP contribution in [-0.2, 0) is 24.0 Å². The van der Waals surface area contributed by atoms with E-state index in [2.05, 4.69) is 24.1 Å². The van der Waals surface area contributed by atoms with Gasteiger partial charge in [0.1, 0.15) is 0 Å². The third kappa shape index (κ3) is 4.77. The molecule has 0 radical (unpaired) electrons. The van der Waals surface area contributed by atoms with Crippen LogP contribution in [0.15, 0.2) is 0 Å². The second-order valence-corrected chi connectivity index (χ2v) is 6.45. The van der Waals surface area contributed by atoms with Gasteiger partial charge in [-0.05, 0) is 26.7 Å². The zero-order chi connectivity index (χ0) is 17.7. The van der Waals surface area contributed by atoms with Gasteiger partial charge in [0.25, 0.3) is 11.8 Å². The van der Waals surface area contributed by atoms with Crippen LogP contribution in [0.4, 0.5) is 0 Å². The minimum Gasteiger partial charge on any atom is -0.354 e. The Hall–Kier alpha value is -1.96. The Labute approximate surface area is 141 Å². The van der Waals surface area contributed by atoms with Gasteiger partial charge in [-0.3, -0.25) is 19.3 Å². The molecule has 2 atom stereocenters. The lowest BCUT2D eigenvalue weighted by atomic mass is 10.1. The summed E-state index contributed by atoms with van der Waals surface area (Å²) in [6, 6.07) is 0.744. The number of hydrogen-bond acceptors (Lipinski definition) is 6. The molecule has 0 aromatic heterocycles. The summed E-state index contributed by atoms with van der Waals surface area (Å²) in [5.74, 6) is -1.87. The Morgan fingerprint density at radius 3 is 2.29 bits per heavy atom. The molecule has 2 unspecified atom stereocenters. The second kappa shape index (κ2) is 8.23. The lowest BCUT2D eigenvalue weighted by molar-refractivity contribution is -0.197. The first-order valence-electron chi connectivity index (χ1n) is 8.47. The Balaban J connectivity index is 1.67. The Bertz CT molecular complexity index is 496. The van der Waals surface area contributed by atoms with E-state index in [1.54, 1.807) is 0 Å². The van der Waals surface area contributed by atoms with Crippen LogP contribution in [0.1, 0.15) is 52.4 Å². The molecule has 0 spiro atoms. The van der Waals surface area contributed by atoms with Gasteiger partial charge in [0, 0.05) is 31.5 Å². The average Bonchev–Trinajstić information content (AvgIpc) is 2.83. The highest BCUT2D eigenvalue weighted by Crippen LogP contribution is 2.21. The molecule has 0 aromatic carbocycles. The average molecular weight is 344 g/mol. The van der Waals surface area contributed by atoms with Crippen molar-refractivity contribution in [1.82, 2.24) is 15.3 Å². The largest absolute Gasteiger partial charge is 0.354 e. The molecule has 0 aromatic rings. The summed E-state index contributed by atoms with van der Waals surface area (Å²) in [4.78, 5) is 53.2. The number of piperidine rings is 1. The van der Waals surface area contributed by atoms with E-state index in [9.17, 15) is 19.2 Å².